The molecule has 0 aliphatic carbocycles. The number of nitrogens with zero attached hydrogens (tertiary/aromatic N) is 5. The zero-order valence-electron chi connectivity index (χ0n) is 21.8. The topological polar surface area (TPSA) is 121 Å². The Labute approximate surface area is 239 Å². The molecule has 5 rings (SSSR count). The minimum Gasteiger partial charge on any atom is -0.380 e. The summed E-state index contributed by atoms with van der Waals surface area (Å²) in [5, 5.41) is 14.5. The van der Waals surface area contributed by atoms with E-state index in [2.05, 4.69) is 31.2 Å². The molecule has 12 heteroatoms. The number of hydrogen-bond donors (Lipinski definition) is 2. The Kier molecular flexibility index (Phi) is 8.27. The summed E-state index contributed by atoms with van der Waals surface area (Å²) in [7, 11) is 0. The number of anilines is 1. The van der Waals surface area contributed by atoms with Gasteiger partial charge in [-0.05, 0) is 31.0 Å². The lowest BCUT2D eigenvalue weighted by Crippen LogP contribution is -2.57. The average Bonchev–Trinajstić information content (AvgIpc) is 2.98. The van der Waals surface area contributed by atoms with Crippen molar-refractivity contribution in [3.8, 4) is 16.9 Å². The van der Waals surface area contributed by atoms with E-state index in [4.69, 9.17) is 0 Å². The van der Waals surface area contributed by atoms with Gasteiger partial charge in [0.15, 0.2) is 5.82 Å². The van der Waals surface area contributed by atoms with E-state index in [9.17, 15) is 23.9 Å². The molecule has 2 amide bonds. The average molecular weight is 613 g/mol. The second-order valence-corrected chi connectivity index (χ2v) is 10.7. The highest BCUT2D eigenvalue weighted by Gasteiger charge is 2.43. The van der Waals surface area contributed by atoms with Gasteiger partial charge in [-0.25, -0.2) is 14.4 Å². The smallest absolute Gasteiger partial charge is 0.255 e. The van der Waals surface area contributed by atoms with Crippen LogP contribution in [-0.2, 0) is 9.59 Å². The Bertz CT molecular complexity index is 1450. The second kappa shape index (κ2) is 11.8. The summed E-state index contributed by atoms with van der Waals surface area (Å²) in [5.41, 5.74) is -0.443. The first-order chi connectivity index (χ1) is 19.3. The molecule has 0 bridgehead atoms. The zero-order chi connectivity index (χ0) is 28.3. The second-order valence-electron chi connectivity index (χ2n) is 10.1. The van der Waals surface area contributed by atoms with Crippen LogP contribution in [0.2, 0.25) is 0 Å². The van der Waals surface area contributed by atoms with Crippen LogP contribution in [-0.4, -0.2) is 84.4 Å². The van der Waals surface area contributed by atoms with Gasteiger partial charge in [-0.3, -0.25) is 19.0 Å². The molecule has 10 nitrogen and oxygen atoms in total. The number of amides is 2. The van der Waals surface area contributed by atoms with Crippen LogP contribution in [0.4, 0.5) is 10.3 Å². The predicted molar refractivity (Wildman–Crippen MR) is 151 cm³/mol. The van der Waals surface area contributed by atoms with Gasteiger partial charge in [0.05, 0.1) is 11.5 Å². The Hall–Kier alpha value is -3.64. The maximum absolute atomic E-state index is 14.8. The lowest BCUT2D eigenvalue weighted by Gasteiger charge is -2.41. The Balaban J connectivity index is 1.22. The molecule has 0 atom stereocenters. The van der Waals surface area contributed by atoms with Crippen molar-refractivity contribution in [2.75, 3.05) is 36.8 Å². The number of benzene rings is 1. The van der Waals surface area contributed by atoms with Crippen molar-refractivity contribution >= 4 is 33.7 Å². The number of halogens is 2. The van der Waals surface area contributed by atoms with E-state index in [1.54, 1.807) is 52.4 Å². The summed E-state index contributed by atoms with van der Waals surface area (Å²) in [4.78, 5) is 49.1. The number of alkyl halides is 1. The largest absolute Gasteiger partial charge is 0.380 e. The molecule has 3 aromatic rings. The number of carbonyl (C=O) groups is 2. The molecule has 2 saturated heterocycles. The van der Waals surface area contributed by atoms with E-state index in [0.29, 0.717) is 50.3 Å². The Morgan fingerprint density at radius 2 is 1.82 bits per heavy atom. The quantitative estimate of drug-likeness (QED) is 0.410. The lowest BCUT2D eigenvalue weighted by molar-refractivity contribution is -0.159. The molecule has 0 unspecified atom stereocenters. The van der Waals surface area contributed by atoms with Crippen LogP contribution in [0.1, 0.15) is 25.7 Å². The molecule has 0 saturated carbocycles. The number of carbonyl (C=O) groups excluding carboxylic acids is 2. The fourth-order valence-electron chi connectivity index (χ4n) is 5.21. The molecule has 210 valence electrons. The van der Waals surface area contributed by atoms with Gasteiger partial charge in [-0.15, -0.1) is 0 Å². The SMILES string of the molecule is O=C(CBr)N1CCC(O)(C(=O)N2CCC(Nc3ncc(F)c(-c4cccc(-n5ccccc5=O)c4)n3)CC2)CC1. The van der Waals surface area contributed by atoms with Crippen molar-refractivity contribution in [1.82, 2.24) is 24.3 Å². The van der Waals surface area contributed by atoms with Crippen LogP contribution in [0, 0.1) is 5.82 Å². The predicted octanol–water partition coefficient (Wildman–Crippen LogP) is 2.58. The Morgan fingerprint density at radius 1 is 1.07 bits per heavy atom. The van der Waals surface area contributed by atoms with E-state index < -0.39 is 11.4 Å². The summed E-state index contributed by atoms with van der Waals surface area (Å²) in [5.74, 6) is -0.659. The first-order valence-corrected chi connectivity index (χ1v) is 14.3. The van der Waals surface area contributed by atoms with Gasteiger partial charge in [0.25, 0.3) is 11.5 Å². The number of rotatable bonds is 6. The van der Waals surface area contributed by atoms with Crippen molar-refractivity contribution < 1.29 is 19.1 Å². The molecule has 2 aliphatic rings. The van der Waals surface area contributed by atoms with Crippen molar-refractivity contribution in [3.63, 3.8) is 0 Å². The summed E-state index contributed by atoms with van der Waals surface area (Å²) >= 11 is 3.16. The highest BCUT2D eigenvalue weighted by atomic mass is 79.9. The number of pyridine rings is 1. The molecule has 2 aromatic heterocycles. The monoisotopic (exact) mass is 612 g/mol. The molecule has 0 spiro atoms. The third kappa shape index (κ3) is 5.92. The van der Waals surface area contributed by atoms with E-state index >= 15 is 0 Å². The van der Waals surface area contributed by atoms with Crippen LogP contribution in [0.25, 0.3) is 16.9 Å². The molecule has 0 radical (unpaired) electrons. The molecular formula is C28H30BrFN6O4. The van der Waals surface area contributed by atoms with Crippen molar-refractivity contribution in [2.45, 2.75) is 37.3 Å². The standard InChI is InChI=1S/C28H30BrFN6O4/c29-17-24(38)34-14-9-28(40,10-15-34)26(39)35-12-7-20(8-13-35)32-27-31-18-22(30)25(33-27)19-4-3-5-21(16-19)36-11-2-1-6-23(36)37/h1-6,11,16,18,20,40H,7-10,12-15,17H2,(H,31,32,33). The summed E-state index contributed by atoms with van der Waals surface area (Å²) < 4.78 is 16.2. The molecule has 2 fully saturated rings. The maximum atomic E-state index is 14.8. The highest BCUT2D eigenvalue weighted by molar-refractivity contribution is 9.09. The Morgan fingerprint density at radius 3 is 2.52 bits per heavy atom. The lowest BCUT2D eigenvalue weighted by atomic mass is 9.89. The normalized spacial score (nSPS) is 17.5. The minimum absolute atomic E-state index is 0.0374. The molecular weight excluding hydrogens is 583 g/mol. The first-order valence-electron chi connectivity index (χ1n) is 13.2. The van der Waals surface area contributed by atoms with E-state index in [0.717, 1.165) is 6.20 Å². The van der Waals surface area contributed by atoms with Gasteiger partial charge in [-0.1, -0.05) is 34.1 Å². The highest BCUT2D eigenvalue weighted by Crippen LogP contribution is 2.28. The van der Waals surface area contributed by atoms with E-state index in [1.807, 2.05) is 0 Å². The zero-order valence-corrected chi connectivity index (χ0v) is 23.4. The van der Waals surface area contributed by atoms with Crippen molar-refractivity contribution in [3.05, 3.63) is 71.0 Å². The third-order valence-corrected chi connectivity index (χ3v) is 8.02. The number of hydrogen-bond acceptors (Lipinski definition) is 7. The van der Waals surface area contributed by atoms with Crippen LogP contribution in [0.5, 0.6) is 0 Å². The first kappa shape index (κ1) is 27.9. The number of aliphatic hydroxyl groups is 1. The van der Waals surface area contributed by atoms with Gasteiger partial charge >= 0.3 is 0 Å². The number of aromatic nitrogens is 3. The van der Waals surface area contributed by atoms with Crippen molar-refractivity contribution in [1.29, 1.82) is 0 Å². The maximum Gasteiger partial charge on any atom is 0.255 e. The molecule has 2 aliphatic heterocycles. The van der Waals surface area contributed by atoms with Gasteiger partial charge in [0, 0.05) is 68.6 Å². The molecule has 4 heterocycles. The summed E-state index contributed by atoms with van der Waals surface area (Å²) in [6, 6.07) is 11.8. The van der Waals surface area contributed by atoms with Crippen molar-refractivity contribution in [2.24, 2.45) is 0 Å². The molecule has 40 heavy (non-hydrogen) atoms. The van der Waals surface area contributed by atoms with Gasteiger partial charge in [0.1, 0.15) is 11.3 Å². The number of piperidine rings is 2. The van der Waals surface area contributed by atoms with Crippen LogP contribution >= 0.6 is 15.9 Å². The third-order valence-electron chi connectivity index (χ3n) is 7.54. The fraction of sp³-hybridized carbons (Fsp3) is 0.393. The number of likely N-dealkylation sites (tertiary alicyclic amines) is 2. The summed E-state index contributed by atoms with van der Waals surface area (Å²) in [6.07, 6.45) is 4.42. The van der Waals surface area contributed by atoms with Crippen LogP contribution in [0.15, 0.2) is 59.7 Å². The number of nitrogens with one attached hydrogen (secondary N) is 1. The molecule has 2 N–H and O–H groups in total. The van der Waals surface area contributed by atoms with E-state index in [1.165, 1.54) is 10.6 Å². The van der Waals surface area contributed by atoms with E-state index in [-0.39, 0.29) is 53.2 Å². The van der Waals surface area contributed by atoms with Gasteiger partial charge in [0.2, 0.25) is 11.9 Å². The molecule has 1 aromatic carbocycles. The minimum atomic E-state index is -1.46. The fourth-order valence-corrected chi connectivity index (χ4v) is 5.57. The van der Waals surface area contributed by atoms with Gasteiger partial charge in [-0.2, -0.15) is 0 Å². The van der Waals surface area contributed by atoms with Crippen LogP contribution in [0.3, 0.4) is 0 Å². The van der Waals surface area contributed by atoms with Crippen LogP contribution < -0.4 is 10.9 Å². The van der Waals surface area contributed by atoms with Gasteiger partial charge < -0.3 is 20.2 Å². The summed E-state index contributed by atoms with van der Waals surface area (Å²) in [6.45, 7) is 1.59.